The molecular weight excluding hydrogens is 232 g/mol. The average Bonchev–Trinajstić information content (AvgIpc) is 2.94. The fourth-order valence-corrected chi connectivity index (χ4v) is 4.16. The number of aryl methyl sites for hydroxylation is 1. The van der Waals surface area contributed by atoms with Crippen LogP contribution < -0.4 is 5.73 Å². The quantitative estimate of drug-likeness (QED) is 0.870. The lowest BCUT2D eigenvalue weighted by Gasteiger charge is -2.34. The first-order valence-corrected chi connectivity index (χ1v) is 7.89. The largest absolute Gasteiger partial charge is 0.345 e. The van der Waals surface area contributed by atoms with E-state index in [2.05, 4.69) is 38.3 Å². The van der Waals surface area contributed by atoms with E-state index in [-0.39, 0.29) is 6.04 Å². The van der Waals surface area contributed by atoms with Crippen LogP contribution in [0.2, 0.25) is 0 Å². The Labute approximate surface area is 117 Å². The molecule has 106 valence electrons. The Morgan fingerprint density at radius 2 is 2.16 bits per heavy atom. The summed E-state index contributed by atoms with van der Waals surface area (Å²) in [5.41, 5.74) is 11.2. The zero-order valence-corrected chi connectivity index (χ0v) is 12.9. The molecule has 19 heavy (non-hydrogen) atoms. The molecule has 3 atom stereocenters. The molecule has 0 bridgehead atoms. The van der Waals surface area contributed by atoms with Crippen LogP contribution in [0, 0.1) is 18.3 Å². The van der Waals surface area contributed by atoms with E-state index in [1.54, 1.807) is 5.69 Å². The van der Waals surface area contributed by atoms with E-state index < -0.39 is 0 Å². The highest BCUT2D eigenvalue weighted by atomic mass is 15.1. The first kappa shape index (κ1) is 13.2. The fourth-order valence-electron chi connectivity index (χ4n) is 4.16. The van der Waals surface area contributed by atoms with Gasteiger partial charge in [-0.05, 0) is 55.6 Å². The fraction of sp³-hybridized carbons (Fsp3) is 0.765. The van der Waals surface area contributed by atoms with Crippen molar-refractivity contribution in [2.45, 2.75) is 71.9 Å². The van der Waals surface area contributed by atoms with E-state index >= 15 is 0 Å². The SMILES string of the molecule is CCCC1CC1n1c(C)cc2c1CC(C)(C)CC2N. The van der Waals surface area contributed by atoms with Crippen LogP contribution >= 0.6 is 0 Å². The van der Waals surface area contributed by atoms with Crippen molar-refractivity contribution in [1.29, 1.82) is 0 Å². The smallest absolute Gasteiger partial charge is 0.0368 e. The predicted molar refractivity (Wildman–Crippen MR) is 80.3 cm³/mol. The number of nitrogens with two attached hydrogens (primary N) is 1. The van der Waals surface area contributed by atoms with E-state index in [9.17, 15) is 0 Å². The summed E-state index contributed by atoms with van der Waals surface area (Å²) in [5.74, 6) is 0.918. The van der Waals surface area contributed by atoms with Gasteiger partial charge in [0.2, 0.25) is 0 Å². The van der Waals surface area contributed by atoms with Crippen LogP contribution in [-0.4, -0.2) is 4.57 Å². The number of fused-ring (bicyclic) bond motifs is 1. The average molecular weight is 260 g/mol. The van der Waals surface area contributed by atoms with Crippen LogP contribution in [0.15, 0.2) is 6.07 Å². The van der Waals surface area contributed by atoms with Gasteiger partial charge in [0, 0.05) is 23.5 Å². The first-order valence-electron chi connectivity index (χ1n) is 7.89. The van der Waals surface area contributed by atoms with Crippen LogP contribution in [0.5, 0.6) is 0 Å². The Balaban J connectivity index is 1.95. The Bertz CT molecular complexity index is 484. The summed E-state index contributed by atoms with van der Waals surface area (Å²) in [4.78, 5) is 0. The van der Waals surface area contributed by atoms with E-state index in [1.807, 2.05) is 0 Å². The molecule has 1 aromatic heterocycles. The lowest BCUT2D eigenvalue weighted by atomic mass is 9.74. The molecule has 1 aromatic rings. The van der Waals surface area contributed by atoms with Crippen LogP contribution in [-0.2, 0) is 6.42 Å². The second kappa shape index (κ2) is 4.37. The molecule has 2 heteroatoms. The molecule has 0 amide bonds. The van der Waals surface area contributed by atoms with Gasteiger partial charge in [0.1, 0.15) is 0 Å². The molecule has 0 aromatic carbocycles. The first-order chi connectivity index (χ1) is 8.93. The summed E-state index contributed by atoms with van der Waals surface area (Å²) < 4.78 is 2.64. The molecule has 0 saturated heterocycles. The molecule has 1 saturated carbocycles. The minimum absolute atomic E-state index is 0.238. The molecule has 2 nitrogen and oxygen atoms in total. The summed E-state index contributed by atoms with van der Waals surface area (Å²) in [6.45, 7) is 9.28. The molecule has 2 aliphatic rings. The van der Waals surface area contributed by atoms with Gasteiger partial charge in [-0.25, -0.2) is 0 Å². The minimum atomic E-state index is 0.238. The van der Waals surface area contributed by atoms with Gasteiger partial charge in [0.25, 0.3) is 0 Å². The normalized spacial score (nSPS) is 32.2. The maximum absolute atomic E-state index is 6.40. The minimum Gasteiger partial charge on any atom is -0.345 e. The molecule has 2 N–H and O–H groups in total. The zero-order chi connectivity index (χ0) is 13.8. The van der Waals surface area contributed by atoms with Gasteiger partial charge in [-0.3, -0.25) is 0 Å². The van der Waals surface area contributed by atoms with Crippen molar-refractivity contribution in [2.24, 2.45) is 17.1 Å². The predicted octanol–water partition coefficient (Wildman–Crippen LogP) is 4.13. The third-order valence-electron chi connectivity index (χ3n) is 5.06. The Kier molecular flexibility index (Phi) is 3.05. The van der Waals surface area contributed by atoms with E-state index in [1.165, 1.54) is 36.9 Å². The Morgan fingerprint density at radius 3 is 2.84 bits per heavy atom. The summed E-state index contributed by atoms with van der Waals surface area (Å²) in [5, 5.41) is 0. The monoisotopic (exact) mass is 260 g/mol. The lowest BCUT2D eigenvalue weighted by molar-refractivity contribution is 0.274. The third-order valence-corrected chi connectivity index (χ3v) is 5.06. The molecule has 0 spiro atoms. The third kappa shape index (κ3) is 2.24. The highest BCUT2D eigenvalue weighted by Crippen LogP contribution is 2.51. The molecular formula is C17H28N2. The van der Waals surface area contributed by atoms with Crippen molar-refractivity contribution in [3.63, 3.8) is 0 Å². The molecule has 0 aliphatic heterocycles. The number of aromatic nitrogens is 1. The Morgan fingerprint density at radius 1 is 1.42 bits per heavy atom. The number of nitrogens with zero attached hydrogens (tertiary/aromatic N) is 1. The summed E-state index contributed by atoms with van der Waals surface area (Å²) in [6.07, 6.45) is 6.39. The topological polar surface area (TPSA) is 30.9 Å². The van der Waals surface area contributed by atoms with Gasteiger partial charge in [-0.2, -0.15) is 0 Å². The number of rotatable bonds is 3. The van der Waals surface area contributed by atoms with Crippen LogP contribution in [0.4, 0.5) is 0 Å². The summed E-state index contributed by atoms with van der Waals surface area (Å²) in [7, 11) is 0. The second-order valence-electron chi connectivity index (χ2n) is 7.56. The van der Waals surface area contributed by atoms with Crippen LogP contribution in [0.25, 0.3) is 0 Å². The van der Waals surface area contributed by atoms with Crippen molar-refractivity contribution < 1.29 is 0 Å². The number of hydrogen-bond donors (Lipinski definition) is 1. The van der Waals surface area contributed by atoms with Crippen molar-refractivity contribution in [2.75, 3.05) is 0 Å². The second-order valence-corrected chi connectivity index (χ2v) is 7.56. The van der Waals surface area contributed by atoms with Crippen molar-refractivity contribution in [1.82, 2.24) is 4.57 Å². The highest BCUT2D eigenvalue weighted by molar-refractivity contribution is 5.35. The lowest BCUT2D eigenvalue weighted by Crippen LogP contribution is -2.30. The highest BCUT2D eigenvalue weighted by Gasteiger charge is 2.42. The van der Waals surface area contributed by atoms with Crippen molar-refractivity contribution in [3.05, 3.63) is 23.0 Å². The molecule has 0 radical (unpaired) electrons. The molecule has 3 rings (SSSR count). The van der Waals surface area contributed by atoms with Gasteiger partial charge in [0.05, 0.1) is 0 Å². The van der Waals surface area contributed by atoms with Gasteiger partial charge < -0.3 is 10.3 Å². The van der Waals surface area contributed by atoms with Gasteiger partial charge in [-0.15, -0.1) is 0 Å². The molecule has 1 heterocycles. The molecule has 1 fully saturated rings. The van der Waals surface area contributed by atoms with Crippen molar-refractivity contribution >= 4 is 0 Å². The summed E-state index contributed by atoms with van der Waals surface area (Å²) in [6, 6.07) is 3.36. The van der Waals surface area contributed by atoms with E-state index in [4.69, 9.17) is 5.73 Å². The van der Waals surface area contributed by atoms with E-state index in [0.29, 0.717) is 5.41 Å². The standard InChI is InChI=1S/C17H28N2/c1-5-6-12-8-15(12)19-11(2)7-13-14(18)9-17(3,4)10-16(13)19/h7,12,14-15H,5-6,8-10,18H2,1-4H3. The van der Waals surface area contributed by atoms with Crippen LogP contribution in [0.3, 0.4) is 0 Å². The number of hydrogen-bond acceptors (Lipinski definition) is 1. The summed E-state index contributed by atoms with van der Waals surface area (Å²) >= 11 is 0. The van der Waals surface area contributed by atoms with Gasteiger partial charge in [-0.1, -0.05) is 27.2 Å². The molecule has 2 aliphatic carbocycles. The maximum atomic E-state index is 6.40. The van der Waals surface area contributed by atoms with Gasteiger partial charge in [0.15, 0.2) is 0 Å². The zero-order valence-electron chi connectivity index (χ0n) is 12.9. The van der Waals surface area contributed by atoms with Crippen LogP contribution in [0.1, 0.15) is 75.5 Å². The van der Waals surface area contributed by atoms with Gasteiger partial charge >= 0.3 is 0 Å². The Hall–Kier alpha value is -0.760. The molecule has 3 unspecified atom stereocenters. The maximum Gasteiger partial charge on any atom is 0.0368 e. The van der Waals surface area contributed by atoms with E-state index in [0.717, 1.165) is 18.4 Å². The van der Waals surface area contributed by atoms with Crippen molar-refractivity contribution in [3.8, 4) is 0 Å².